The van der Waals surface area contributed by atoms with E-state index in [4.69, 9.17) is 10.5 Å². The van der Waals surface area contributed by atoms with Crippen LogP contribution in [0.15, 0.2) is 30.3 Å². The number of alkyl carbamates (subject to hydrolysis) is 1. The van der Waals surface area contributed by atoms with Gasteiger partial charge < -0.3 is 15.8 Å². The molecule has 1 aliphatic carbocycles. The van der Waals surface area contributed by atoms with Crippen LogP contribution in [0.25, 0.3) is 0 Å². The molecule has 126 valence electrons. The molecular weight excluding hydrogens is 306 g/mol. The molecule has 0 spiro atoms. The maximum Gasteiger partial charge on any atom is 0.408 e. The summed E-state index contributed by atoms with van der Waals surface area (Å²) in [6, 6.07) is 8.06. The summed E-state index contributed by atoms with van der Waals surface area (Å²) >= 11 is 0. The summed E-state index contributed by atoms with van der Waals surface area (Å²) in [5, 5.41) is 2.40. The molecule has 1 fully saturated rings. The zero-order valence-corrected chi connectivity index (χ0v) is 12.6. The fourth-order valence-corrected chi connectivity index (χ4v) is 2.71. The Balaban J connectivity index is 1.87. The van der Waals surface area contributed by atoms with E-state index in [1.807, 2.05) is 18.2 Å². The van der Waals surface area contributed by atoms with E-state index in [-0.39, 0.29) is 32.3 Å². The van der Waals surface area contributed by atoms with Crippen LogP contribution < -0.4 is 11.1 Å². The van der Waals surface area contributed by atoms with Gasteiger partial charge >= 0.3 is 6.09 Å². The number of rotatable bonds is 5. The first-order valence-electron chi connectivity index (χ1n) is 7.52. The lowest BCUT2D eigenvalue weighted by Crippen LogP contribution is -2.50. The second-order valence-corrected chi connectivity index (χ2v) is 5.78. The molecule has 7 heteroatoms. The number of ether oxygens (including phenoxy) is 1. The Labute approximate surface area is 133 Å². The predicted octanol–water partition coefficient (Wildman–Crippen LogP) is 2.59. The quantitative estimate of drug-likeness (QED) is 0.872. The Morgan fingerprint density at radius 2 is 1.87 bits per heavy atom. The van der Waals surface area contributed by atoms with Gasteiger partial charge in [0.1, 0.15) is 12.6 Å². The third-order valence-electron chi connectivity index (χ3n) is 4.03. The average Bonchev–Trinajstić information content (AvgIpc) is 2.52. The maximum atomic E-state index is 13.2. The lowest BCUT2D eigenvalue weighted by molar-refractivity contribution is -0.123. The Morgan fingerprint density at radius 1 is 1.26 bits per heavy atom. The van der Waals surface area contributed by atoms with Crippen LogP contribution in [0.5, 0.6) is 0 Å². The summed E-state index contributed by atoms with van der Waals surface area (Å²) in [6.45, 7) is 0.0564. The first kappa shape index (κ1) is 17.2. The lowest BCUT2D eigenvalue weighted by atomic mass is 9.82. The second-order valence-electron chi connectivity index (χ2n) is 5.78. The number of alkyl halides is 2. The van der Waals surface area contributed by atoms with E-state index in [1.165, 1.54) is 0 Å². The van der Waals surface area contributed by atoms with Gasteiger partial charge in [0.15, 0.2) is 0 Å². The van der Waals surface area contributed by atoms with Crippen molar-refractivity contribution in [1.82, 2.24) is 5.32 Å². The van der Waals surface area contributed by atoms with Gasteiger partial charge in [0.2, 0.25) is 11.8 Å². The highest BCUT2D eigenvalue weighted by molar-refractivity contribution is 5.84. The lowest BCUT2D eigenvalue weighted by Gasteiger charge is -2.32. The third kappa shape index (κ3) is 5.19. The fraction of sp³-hybridized carbons (Fsp3) is 0.500. The molecule has 2 amide bonds. The zero-order chi connectivity index (χ0) is 16.9. The minimum atomic E-state index is -2.70. The topological polar surface area (TPSA) is 81.4 Å². The number of hydrogen-bond acceptors (Lipinski definition) is 3. The molecule has 1 atom stereocenters. The number of nitrogens with one attached hydrogen (secondary N) is 1. The number of hydrogen-bond donors (Lipinski definition) is 2. The summed E-state index contributed by atoms with van der Waals surface area (Å²) in [7, 11) is 0. The minimum absolute atomic E-state index is 0.0564. The van der Waals surface area contributed by atoms with Crippen molar-refractivity contribution in [3.8, 4) is 0 Å². The van der Waals surface area contributed by atoms with E-state index in [0.29, 0.717) is 0 Å². The molecule has 3 N–H and O–H groups in total. The van der Waals surface area contributed by atoms with Gasteiger partial charge in [-0.1, -0.05) is 30.3 Å². The van der Waals surface area contributed by atoms with Gasteiger partial charge in [-0.15, -0.1) is 0 Å². The Kier molecular flexibility index (Phi) is 5.52. The van der Waals surface area contributed by atoms with Gasteiger partial charge in [0.25, 0.3) is 0 Å². The predicted molar refractivity (Wildman–Crippen MR) is 79.7 cm³/mol. The highest BCUT2D eigenvalue weighted by Crippen LogP contribution is 2.37. The van der Waals surface area contributed by atoms with E-state index in [1.54, 1.807) is 12.1 Å². The molecule has 0 saturated heterocycles. The van der Waals surface area contributed by atoms with Gasteiger partial charge in [-0.05, 0) is 24.3 Å². The van der Waals surface area contributed by atoms with E-state index < -0.39 is 29.9 Å². The molecule has 0 heterocycles. The first-order valence-corrected chi connectivity index (χ1v) is 7.52. The third-order valence-corrected chi connectivity index (χ3v) is 4.03. The number of amides is 2. The summed E-state index contributed by atoms with van der Waals surface area (Å²) in [5.41, 5.74) is 6.10. The molecule has 23 heavy (non-hydrogen) atoms. The largest absolute Gasteiger partial charge is 0.445 e. The van der Waals surface area contributed by atoms with Crippen molar-refractivity contribution in [1.29, 1.82) is 0 Å². The van der Waals surface area contributed by atoms with Crippen molar-refractivity contribution in [2.45, 2.75) is 44.3 Å². The summed E-state index contributed by atoms with van der Waals surface area (Å²) < 4.78 is 31.4. The van der Waals surface area contributed by atoms with Gasteiger partial charge in [0.05, 0.1) is 0 Å². The Bertz CT molecular complexity index is 542. The van der Waals surface area contributed by atoms with Crippen LogP contribution in [0.1, 0.15) is 31.2 Å². The van der Waals surface area contributed by atoms with Gasteiger partial charge in [-0.2, -0.15) is 0 Å². The SMILES string of the molecule is NC(=O)[C@@H](NC(=O)OCc1ccccc1)C1CCC(F)(F)CC1. The number of carbonyl (C=O) groups excluding carboxylic acids is 2. The molecule has 2 rings (SSSR count). The normalized spacial score (nSPS) is 18.9. The van der Waals surface area contributed by atoms with Crippen LogP contribution in [-0.2, 0) is 16.1 Å². The molecule has 5 nitrogen and oxygen atoms in total. The second kappa shape index (κ2) is 7.39. The van der Waals surface area contributed by atoms with Crippen molar-refractivity contribution in [3.05, 3.63) is 35.9 Å². The molecule has 0 aliphatic heterocycles. The Hall–Kier alpha value is -2.18. The van der Waals surface area contributed by atoms with Crippen molar-refractivity contribution in [3.63, 3.8) is 0 Å². The van der Waals surface area contributed by atoms with Crippen LogP contribution in [0.4, 0.5) is 13.6 Å². The average molecular weight is 326 g/mol. The van der Waals surface area contributed by atoms with Crippen LogP contribution >= 0.6 is 0 Å². The van der Waals surface area contributed by atoms with Crippen molar-refractivity contribution in [2.75, 3.05) is 0 Å². The van der Waals surface area contributed by atoms with E-state index in [9.17, 15) is 18.4 Å². The van der Waals surface area contributed by atoms with Crippen molar-refractivity contribution >= 4 is 12.0 Å². The Morgan fingerprint density at radius 3 is 2.43 bits per heavy atom. The van der Waals surface area contributed by atoms with E-state index in [0.717, 1.165) is 5.56 Å². The van der Waals surface area contributed by atoms with Gasteiger partial charge in [-0.25, -0.2) is 13.6 Å². The number of primary amides is 1. The smallest absolute Gasteiger partial charge is 0.408 e. The molecule has 0 bridgehead atoms. The fourth-order valence-electron chi connectivity index (χ4n) is 2.71. The van der Waals surface area contributed by atoms with Crippen LogP contribution in [-0.4, -0.2) is 24.0 Å². The summed E-state index contributed by atoms with van der Waals surface area (Å²) in [5.74, 6) is -3.83. The molecule has 1 saturated carbocycles. The monoisotopic (exact) mass is 326 g/mol. The van der Waals surface area contributed by atoms with Crippen LogP contribution in [0, 0.1) is 5.92 Å². The molecule has 1 aliphatic rings. The zero-order valence-electron chi connectivity index (χ0n) is 12.6. The molecule has 1 aromatic carbocycles. The number of carbonyl (C=O) groups is 2. The summed E-state index contributed by atoms with van der Waals surface area (Å²) in [6.07, 6.45) is -1.11. The van der Waals surface area contributed by atoms with Crippen molar-refractivity contribution in [2.24, 2.45) is 11.7 Å². The molecule has 0 unspecified atom stereocenters. The van der Waals surface area contributed by atoms with Crippen molar-refractivity contribution < 1.29 is 23.1 Å². The highest BCUT2D eigenvalue weighted by atomic mass is 19.3. The molecule has 0 aromatic heterocycles. The maximum absolute atomic E-state index is 13.2. The van der Waals surface area contributed by atoms with E-state index >= 15 is 0 Å². The minimum Gasteiger partial charge on any atom is -0.445 e. The van der Waals surface area contributed by atoms with E-state index in [2.05, 4.69) is 5.32 Å². The number of nitrogens with two attached hydrogens (primary N) is 1. The van der Waals surface area contributed by atoms with Gasteiger partial charge in [-0.3, -0.25) is 4.79 Å². The molecule has 1 aromatic rings. The van der Waals surface area contributed by atoms with Crippen LogP contribution in [0.3, 0.4) is 0 Å². The number of halogens is 2. The molecular formula is C16H20F2N2O3. The number of benzene rings is 1. The highest BCUT2D eigenvalue weighted by Gasteiger charge is 2.39. The summed E-state index contributed by atoms with van der Waals surface area (Å²) in [4.78, 5) is 23.3. The first-order chi connectivity index (χ1) is 10.9. The standard InChI is InChI=1S/C16H20F2N2O3/c17-16(18)8-6-12(7-9-16)13(14(19)21)20-15(22)23-10-11-4-2-1-3-5-11/h1-5,12-13H,6-10H2,(H2,19,21)(H,20,22)/t13-/m0/s1. The molecule has 0 radical (unpaired) electrons. The van der Waals surface area contributed by atoms with Gasteiger partial charge in [0, 0.05) is 12.8 Å². The van der Waals surface area contributed by atoms with Crippen LogP contribution in [0.2, 0.25) is 0 Å².